The van der Waals surface area contributed by atoms with Gasteiger partial charge < -0.3 is 5.73 Å². The van der Waals surface area contributed by atoms with E-state index in [9.17, 15) is 4.39 Å². The minimum Gasteiger partial charge on any atom is -0.383 e. The molecule has 3 nitrogen and oxygen atoms in total. The maximum atomic E-state index is 13.0. The normalized spacial score (nSPS) is 10.4. The molecule has 82 valence electrons. The maximum Gasteiger partial charge on any atom is 0.141 e. The molecule has 0 aliphatic carbocycles. The number of nitrogens with zero attached hydrogens (tertiary/aromatic N) is 2. The predicted molar refractivity (Wildman–Crippen MR) is 61.6 cm³/mol. The highest BCUT2D eigenvalue weighted by molar-refractivity contribution is 6.31. The molecule has 1 aromatic heterocycles. The Hall–Kier alpha value is -1.68. The largest absolute Gasteiger partial charge is 0.383 e. The predicted octanol–water partition coefficient (Wildman–Crippen LogP) is 2.83. The van der Waals surface area contributed by atoms with Crippen molar-refractivity contribution in [2.75, 3.05) is 5.73 Å². The SMILES string of the molecule is Cc1c(N)ncnc1-c1ccc(F)c(Cl)c1. The van der Waals surface area contributed by atoms with E-state index in [1.807, 2.05) is 6.92 Å². The van der Waals surface area contributed by atoms with Crippen LogP contribution in [-0.2, 0) is 0 Å². The summed E-state index contributed by atoms with van der Waals surface area (Å²) < 4.78 is 13.0. The van der Waals surface area contributed by atoms with Gasteiger partial charge in [0.05, 0.1) is 10.7 Å². The van der Waals surface area contributed by atoms with E-state index in [4.69, 9.17) is 17.3 Å². The number of nitrogens with two attached hydrogens (primary N) is 1. The first-order valence-corrected chi connectivity index (χ1v) is 5.00. The highest BCUT2D eigenvalue weighted by atomic mass is 35.5. The van der Waals surface area contributed by atoms with Crippen LogP contribution in [0.1, 0.15) is 5.56 Å². The molecule has 0 saturated heterocycles. The fourth-order valence-electron chi connectivity index (χ4n) is 1.40. The first-order chi connectivity index (χ1) is 7.59. The molecule has 2 aromatic rings. The molecule has 1 heterocycles. The highest BCUT2D eigenvalue weighted by Crippen LogP contribution is 2.26. The van der Waals surface area contributed by atoms with E-state index in [1.54, 1.807) is 6.07 Å². The van der Waals surface area contributed by atoms with Crippen molar-refractivity contribution in [3.8, 4) is 11.3 Å². The Morgan fingerprint density at radius 2 is 2.06 bits per heavy atom. The Balaban J connectivity index is 2.59. The van der Waals surface area contributed by atoms with Crippen LogP contribution < -0.4 is 5.73 Å². The summed E-state index contributed by atoms with van der Waals surface area (Å²) >= 11 is 5.71. The molecule has 0 bridgehead atoms. The lowest BCUT2D eigenvalue weighted by atomic mass is 10.1. The van der Waals surface area contributed by atoms with Gasteiger partial charge in [-0.3, -0.25) is 0 Å². The molecular formula is C11H9ClFN3. The van der Waals surface area contributed by atoms with Gasteiger partial charge >= 0.3 is 0 Å². The minimum absolute atomic E-state index is 0.0640. The van der Waals surface area contributed by atoms with Crippen LogP contribution in [0.3, 0.4) is 0 Å². The van der Waals surface area contributed by atoms with Crippen LogP contribution in [0.25, 0.3) is 11.3 Å². The van der Waals surface area contributed by atoms with Gasteiger partial charge in [-0.1, -0.05) is 11.6 Å². The smallest absolute Gasteiger partial charge is 0.141 e. The van der Waals surface area contributed by atoms with Gasteiger partial charge in [0.1, 0.15) is 18.0 Å². The molecule has 16 heavy (non-hydrogen) atoms. The van der Waals surface area contributed by atoms with E-state index >= 15 is 0 Å². The summed E-state index contributed by atoms with van der Waals surface area (Å²) in [6.07, 6.45) is 1.37. The molecule has 0 saturated carbocycles. The number of halogens is 2. The molecule has 2 rings (SSSR count). The lowest BCUT2D eigenvalue weighted by molar-refractivity contribution is 0.628. The number of anilines is 1. The highest BCUT2D eigenvalue weighted by Gasteiger charge is 2.09. The third-order valence-electron chi connectivity index (χ3n) is 2.32. The van der Waals surface area contributed by atoms with Gasteiger partial charge in [0.15, 0.2) is 0 Å². The van der Waals surface area contributed by atoms with Gasteiger partial charge in [-0.05, 0) is 25.1 Å². The Bertz CT molecular complexity index is 543. The number of benzene rings is 1. The van der Waals surface area contributed by atoms with Crippen LogP contribution in [0, 0.1) is 12.7 Å². The molecule has 0 aliphatic heterocycles. The standard InChI is InChI=1S/C11H9ClFN3/c1-6-10(15-5-16-11(6)14)7-2-3-9(13)8(12)4-7/h2-5H,1H3,(H2,14,15,16). The van der Waals surface area contributed by atoms with Crippen LogP contribution >= 0.6 is 11.6 Å². The van der Waals surface area contributed by atoms with Crippen molar-refractivity contribution in [3.63, 3.8) is 0 Å². The molecule has 0 amide bonds. The molecule has 1 aromatic carbocycles. The number of aromatic nitrogens is 2. The number of hydrogen-bond donors (Lipinski definition) is 1. The molecule has 0 atom stereocenters. The zero-order valence-electron chi connectivity index (χ0n) is 8.54. The molecule has 5 heteroatoms. The second-order valence-electron chi connectivity index (χ2n) is 3.36. The Labute approximate surface area is 97.1 Å². The lowest BCUT2D eigenvalue weighted by Crippen LogP contribution is -1.98. The van der Waals surface area contributed by atoms with E-state index in [0.717, 1.165) is 11.1 Å². The Morgan fingerprint density at radius 1 is 1.31 bits per heavy atom. The fraction of sp³-hybridized carbons (Fsp3) is 0.0909. The summed E-state index contributed by atoms with van der Waals surface area (Å²) in [5, 5.41) is 0.0640. The third-order valence-corrected chi connectivity index (χ3v) is 2.61. The summed E-state index contributed by atoms with van der Waals surface area (Å²) in [5.74, 6) is -0.0458. The van der Waals surface area contributed by atoms with Crippen molar-refractivity contribution in [1.29, 1.82) is 0 Å². The van der Waals surface area contributed by atoms with Crippen molar-refractivity contribution in [2.45, 2.75) is 6.92 Å². The Morgan fingerprint density at radius 3 is 2.75 bits per heavy atom. The van der Waals surface area contributed by atoms with Gasteiger partial charge in [0.2, 0.25) is 0 Å². The quantitative estimate of drug-likeness (QED) is 0.830. The van der Waals surface area contributed by atoms with E-state index in [1.165, 1.54) is 18.5 Å². The number of nitrogen functional groups attached to an aromatic ring is 1. The van der Waals surface area contributed by atoms with Crippen molar-refractivity contribution in [3.05, 3.63) is 40.9 Å². The molecule has 0 aliphatic rings. The summed E-state index contributed by atoms with van der Waals surface area (Å²) in [6, 6.07) is 4.43. The van der Waals surface area contributed by atoms with Crippen molar-refractivity contribution in [2.24, 2.45) is 0 Å². The van der Waals surface area contributed by atoms with Crippen LogP contribution in [0.2, 0.25) is 5.02 Å². The third kappa shape index (κ3) is 1.84. The second kappa shape index (κ2) is 4.06. The van der Waals surface area contributed by atoms with Gasteiger partial charge in [0, 0.05) is 11.1 Å². The molecule has 0 unspecified atom stereocenters. The minimum atomic E-state index is -0.454. The van der Waals surface area contributed by atoms with Crippen LogP contribution in [0.15, 0.2) is 24.5 Å². The average molecular weight is 238 g/mol. The fourth-order valence-corrected chi connectivity index (χ4v) is 1.58. The molecular weight excluding hydrogens is 229 g/mol. The van der Waals surface area contributed by atoms with E-state index in [0.29, 0.717) is 11.5 Å². The number of rotatable bonds is 1. The maximum absolute atomic E-state index is 13.0. The van der Waals surface area contributed by atoms with Crippen LogP contribution in [-0.4, -0.2) is 9.97 Å². The second-order valence-corrected chi connectivity index (χ2v) is 3.77. The van der Waals surface area contributed by atoms with Crippen LogP contribution in [0.5, 0.6) is 0 Å². The van der Waals surface area contributed by atoms with E-state index < -0.39 is 5.82 Å². The zero-order valence-corrected chi connectivity index (χ0v) is 9.29. The first kappa shape index (κ1) is 10.8. The summed E-state index contributed by atoms with van der Waals surface area (Å²) in [6.45, 7) is 1.81. The molecule has 0 fully saturated rings. The topological polar surface area (TPSA) is 51.8 Å². The molecule has 0 radical (unpaired) electrons. The molecule has 2 N–H and O–H groups in total. The Kier molecular flexibility index (Phi) is 2.75. The zero-order chi connectivity index (χ0) is 11.7. The lowest BCUT2D eigenvalue weighted by Gasteiger charge is -2.06. The van der Waals surface area contributed by atoms with Crippen LogP contribution in [0.4, 0.5) is 10.2 Å². The van der Waals surface area contributed by atoms with Gasteiger partial charge in [-0.25, -0.2) is 14.4 Å². The van der Waals surface area contributed by atoms with Crippen molar-refractivity contribution < 1.29 is 4.39 Å². The van der Waals surface area contributed by atoms with E-state index in [2.05, 4.69) is 9.97 Å². The summed E-state index contributed by atoms with van der Waals surface area (Å²) in [7, 11) is 0. The van der Waals surface area contributed by atoms with Crippen molar-refractivity contribution in [1.82, 2.24) is 9.97 Å². The average Bonchev–Trinajstić information content (AvgIpc) is 2.26. The van der Waals surface area contributed by atoms with Crippen molar-refractivity contribution >= 4 is 17.4 Å². The molecule has 0 spiro atoms. The summed E-state index contributed by atoms with van der Waals surface area (Å²) in [5.41, 5.74) is 7.80. The first-order valence-electron chi connectivity index (χ1n) is 4.62. The van der Waals surface area contributed by atoms with Gasteiger partial charge in [0.25, 0.3) is 0 Å². The summed E-state index contributed by atoms with van der Waals surface area (Å²) in [4.78, 5) is 7.97. The number of hydrogen-bond acceptors (Lipinski definition) is 3. The van der Waals surface area contributed by atoms with Gasteiger partial charge in [-0.2, -0.15) is 0 Å². The monoisotopic (exact) mass is 237 g/mol. The van der Waals surface area contributed by atoms with E-state index in [-0.39, 0.29) is 5.02 Å². The van der Waals surface area contributed by atoms with Gasteiger partial charge in [-0.15, -0.1) is 0 Å².